The van der Waals surface area contributed by atoms with Gasteiger partial charge in [0.2, 0.25) is 5.91 Å². The van der Waals surface area contributed by atoms with Crippen molar-refractivity contribution in [2.24, 2.45) is 5.92 Å². The van der Waals surface area contributed by atoms with Crippen LogP contribution >= 0.6 is 0 Å². The number of phenols is 1. The number of benzene rings is 3. The molecule has 3 aromatic rings. The highest BCUT2D eigenvalue weighted by molar-refractivity contribution is 5.94. The predicted octanol–water partition coefficient (Wildman–Crippen LogP) is 3.97. The number of aliphatic hydroxyl groups excluding tert-OH is 1. The normalized spacial score (nSPS) is 22.2. The SMILES string of the molecule is O=C(NCCC(=O)N1CCC(C(=O)OC2CN3CCC2CC3)(c2ccccc2)CC1)c1ccc(CNCC(O)c2ccc(O)c3c2C=CCN3)cc1. The molecule has 274 valence electrons. The smallest absolute Gasteiger partial charge is 0.317 e. The fourth-order valence-corrected chi connectivity index (χ4v) is 8.20. The summed E-state index contributed by atoms with van der Waals surface area (Å²) in [5.41, 5.74) is 3.77. The Bertz CT molecular complexity index is 1760. The maximum atomic E-state index is 13.9. The summed E-state index contributed by atoms with van der Waals surface area (Å²) < 4.78 is 6.27. The number of piperidine rings is 4. The predicted molar refractivity (Wildman–Crippen MR) is 199 cm³/mol. The molecule has 0 radical (unpaired) electrons. The molecular weight excluding hydrogens is 658 g/mol. The molecule has 2 amide bonds. The molecule has 5 N–H and O–H groups in total. The lowest BCUT2D eigenvalue weighted by molar-refractivity contribution is -0.168. The largest absolute Gasteiger partial charge is 0.506 e. The number of fused-ring (bicyclic) bond motifs is 4. The van der Waals surface area contributed by atoms with Gasteiger partial charge in [0.15, 0.2) is 0 Å². The van der Waals surface area contributed by atoms with E-state index < -0.39 is 11.5 Å². The van der Waals surface area contributed by atoms with E-state index in [-0.39, 0.29) is 42.6 Å². The molecule has 2 bridgehead atoms. The standard InChI is InChI=1S/C41H49N5O6/c47-34-13-12-32(33-7-4-19-43-38(33)34)35(48)26-42-25-28-8-10-30(11-9-28)39(50)44-20-14-37(49)46-23-17-41(18-24-46,31-5-2-1-3-6-31)40(51)52-36-27-45-21-15-29(36)16-22-45/h1-13,29,35-36,42-43,47-48H,14-27H2,(H,44,50). The topological polar surface area (TPSA) is 143 Å². The molecule has 0 saturated carbocycles. The monoisotopic (exact) mass is 707 g/mol. The van der Waals surface area contributed by atoms with E-state index in [1.165, 1.54) is 0 Å². The number of hydrogen-bond donors (Lipinski definition) is 5. The Morgan fingerprint density at radius 1 is 0.962 bits per heavy atom. The van der Waals surface area contributed by atoms with Crippen molar-refractivity contribution in [2.75, 3.05) is 57.7 Å². The van der Waals surface area contributed by atoms with Gasteiger partial charge in [-0.2, -0.15) is 0 Å². The van der Waals surface area contributed by atoms with E-state index in [1.54, 1.807) is 29.2 Å². The summed E-state index contributed by atoms with van der Waals surface area (Å²) >= 11 is 0. The second-order valence-electron chi connectivity index (χ2n) is 14.5. The number of hydrogen-bond acceptors (Lipinski definition) is 9. The molecule has 2 unspecified atom stereocenters. The maximum absolute atomic E-state index is 13.9. The van der Waals surface area contributed by atoms with Crippen molar-refractivity contribution in [3.05, 3.63) is 101 Å². The number of phenolic OH excluding ortho intramolecular Hbond substituents is 1. The molecule has 0 aromatic heterocycles. The molecule has 11 nitrogen and oxygen atoms in total. The zero-order chi connectivity index (χ0) is 36.1. The summed E-state index contributed by atoms with van der Waals surface area (Å²) in [5.74, 6) is 0.123. The van der Waals surface area contributed by atoms with Crippen molar-refractivity contribution >= 4 is 29.5 Å². The molecule has 8 rings (SSSR count). The zero-order valence-corrected chi connectivity index (χ0v) is 29.6. The Morgan fingerprint density at radius 3 is 2.42 bits per heavy atom. The highest BCUT2D eigenvalue weighted by atomic mass is 16.5. The van der Waals surface area contributed by atoms with Crippen LogP contribution in [-0.2, 0) is 26.3 Å². The molecule has 11 heteroatoms. The summed E-state index contributed by atoms with van der Waals surface area (Å²) in [7, 11) is 0. The molecule has 4 fully saturated rings. The lowest BCUT2D eigenvalue weighted by Crippen LogP contribution is -2.55. The molecule has 5 heterocycles. The van der Waals surface area contributed by atoms with Crippen molar-refractivity contribution in [3.63, 3.8) is 0 Å². The number of rotatable bonds is 12. The van der Waals surface area contributed by atoms with Crippen molar-refractivity contribution in [1.82, 2.24) is 20.4 Å². The minimum Gasteiger partial charge on any atom is -0.506 e. The number of likely N-dealkylation sites (tertiary alicyclic amines) is 1. The van der Waals surface area contributed by atoms with E-state index in [1.807, 2.05) is 54.6 Å². The third kappa shape index (κ3) is 7.72. The van der Waals surface area contributed by atoms with Crippen molar-refractivity contribution in [1.29, 1.82) is 0 Å². The van der Waals surface area contributed by atoms with Gasteiger partial charge in [0.25, 0.3) is 5.91 Å². The molecule has 4 saturated heterocycles. The van der Waals surface area contributed by atoms with E-state index in [0.29, 0.717) is 62.7 Å². The number of ether oxygens (including phenoxy) is 1. The van der Waals surface area contributed by atoms with Crippen LogP contribution in [0.1, 0.15) is 70.8 Å². The molecule has 0 spiro atoms. The Kier molecular flexibility index (Phi) is 10.9. The first-order valence-corrected chi connectivity index (χ1v) is 18.6. The fourth-order valence-electron chi connectivity index (χ4n) is 8.20. The molecule has 52 heavy (non-hydrogen) atoms. The molecule has 5 aliphatic heterocycles. The summed E-state index contributed by atoms with van der Waals surface area (Å²) in [6, 6.07) is 20.4. The van der Waals surface area contributed by atoms with E-state index in [4.69, 9.17) is 4.74 Å². The second kappa shape index (κ2) is 15.9. The quantitative estimate of drug-likeness (QED) is 0.140. The van der Waals surface area contributed by atoms with Crippen LogP contribution in [0.3, 0.4) is 0 Å². The minimum absolute atomic E-state index is 0.0450. The Hall–Kier alpha value is -4.71. The molecule has 3 aromatic carbocycles. The van der Waals surface area contributed by atoms with Crippen LogP contribution in [0.5, 0.6) is 5.75 Å². The third-order valence-electron chi connectivity index (χ3n) is 11.3. The third-order valence-corrected chi connectivity index (χ3v) is 11.3. The number of nitrogens with one attached hydrogen (secondary N) is 3. The van der Waals surface area contributed by atoms with E-state index in [2.05, 4.69) is 20.9 Å². The van der Waals surface area contributed by atoms with E-state index in [0.717, 1.165) is 54.7 Å². The van der Waals surface area contributed by atoms with Gasteiger partial charge in [-0.1, -0.05) is 60.7 Å². The number of carbonyl (C=O) groups is 3. The van der Waals surface area contributed by atoms with Crippen molar-refractivity contribution in [2.45, 2.75) is 56.3 Å². The highest BCUT2D eigenvalue weighted by Crippen LogP contribution is 2.40. The van der Waals surface area contributed by atoms with Gasteiger partial charge in [-0.05, 0) is 79.6 Å². The number of aliphatic hydroxyl groups is 1. The van der Waals surface area contributed by atoms with Gasteiger partial charge in [0, 0.05) is 63.4 Å². The molecular formula is C41H49N5O6. The highest BCUT2D eigenvalue weighted by Gasteiger charge is 2.47. The first-order chi connectivity index (χ1) is 25.3. The summed E-state index contributed by atoms with van der Waals surface area (Å²) in [4.78, 5) is 44.2. The maximum Gasteiger partial charge on any atom is 0.317 e. The summed E-state index contributed by atoms with van der Waals surface area (Å²) in [5, 5.41) is 30.2. The van der Waals surface area contributed by atoms with Gasteiger partial charge in [-0.15, -0.1) is 0 Å². The zero-order valence-electron chi connectivity index (χ0n) is 29.6. The lowest BCUT2D eigenvalue weighted by atomic mass is 9.72. The second-order valence-corrected chi connectivity index (χ2v) is 14.5. The Morgan fingerprint density at radius 2 is 1.71 bits per heavy atom. The first kappa shape index (κ1) is 35.7. The van der Waals surface area contributed by atoms with Gasteiger partial charge in [0.1, 0.15) is 11.9 Å². The van der Waals surface area contributed by atoms with Crippen LogP contribution in [0.4, 0.5) is 5.69 Å². The average molecular weight is 708 g/mol. The van der Waals surface area contributed by atoms with Gasteiger partial charge in [-0.25, -0.2) is 0 Å². The van der Waals surface area contributed by atoms with Crippen LogP contribution in [-0.4, -0.2) is 96.3 Å². The van der Waals surface area contributed by atoms with Crippen LogP contribution in [0.2, 0.25) is 0 Å². The number of amides is 2. The Labute approximate surface area is 305 Å². The molecule has 2 atom stereocenters. The number of aromatic hydroxyl groups is 1. The summed E-state index contributed by atoms with van der Waals surface area (Å²) in [6.07, 6.45) is 6.36. The van der Waals surface area contributed by atoms with Crippen LogP contribution < -0.4 is 16.0 Å². The van der Waals surface area contributed by atoms with Gasteiger partial charge < -0.3 is 35.8 Å². The van der Waals surface area contributed by atoms with Crippen LogP contribution in [0.15, 0.2) is 72.8 Å². The van der Waals surface area contributed by atoms with Gasteiger partial charge in [0.05, 0.1) is 17.2 Å². The van der Waals surface area contributed by atoms with Crippen molar-refractivity contribution in [3.8, 4) is 5.75 Å². The van der Waals surface area contributed by atoms with Gasteiger partial charge >= 0.3 is 5.97 Å². The van der Waals surface area contributed by atoms with Crippen molar-refractivity contribution < 1.29 is 29.3 Å². The van der Waals surface area contributed by atoms with E-state index >= 15 is 0 Å². The lowest BCUT2D eigenvalue weighted by Gasteiger charge is -2.46. The van der Waals surface area contributed by atoms with E-state index in [9.17, 15) is 24.6 Å². The van der Waals surface area contributed by atoms with Gasteiger partial charge in [-0.3, -0.25) is 19.3 Å². The Balaban J connectivity index is 0.858. The minimum atomic E-state index is -0.776. The van der Waals surface area contributed by atoms with Crippen LogP contribution in [0, 0.1) is 5.92 Å². The number of esters is 1. The number of anilines is 1. The molecule has 0 aliphatic carbocycles. The van der Waals surface area contributed by atoms with Crippen LogP contribution in [0.25, 0.3) is 6.08 Å². The summed E-state index contributed by atoms with van der Waals surface area (Å²) in [6.45, 7) is 5.54. The average Bonchev–Trinajstić information content (AvgIpc) is 3.19. The fraction of sp³-hybridized carbons (Fsp3) is 0.439. The molecule has 5 aliphatic rings. The first-order valence-electron chi connectivity index (χ1n) is 18.6. The number of nitrogens with zero attached hydrogens (tertiary/aromatic N) is 2. The number of carbonyl (C=O) groups excluding carboxylic acids is 3.